The molecule has 0 unspecified atom stereocenters. The number of carbonyl (C=O) groups is 1. The average molecular weight is 313 g/mol. The maximum Gasteiger partial charge on any atom is 0.412 e. The molecule has 0 atom stereocenters. The standard InChI is InChI=1S/C19H23NO3/c1-2-3-4-8-15-20-19(21)23-18-13-11-17(12-14-18)22-16-9-6-5-7-10-16/h5-7,9-14H,2-4,8,15H2,1H3,(H,20,21). The molecule has 0 bridgehead atoms. The second kappa shape index (κ2) is 9.51. The van der Waals surface area contributed by atoms with Gasteiger partial charge in [-0.1, -0.05) is 44.4 Å². The summed E-state index contributed by atoms with van der Waals surface area (Å²) >= 11 is 0. The van der Waals surface area contributed by atoms with E-state index in [0.29, 0.717) is 18.0 Å². The lowest BCUT2D eigenvalue weighted by Crippen LogP contribution is -2.27. The normalized spacial score (nSPS) is 10.1. The molecule has 1 N–H and O–H groups in total. The summed E-state index contributed by atoms with van der Waals surface area (Å²) in [7, 11) is 0. The summed E-state index contributed by atoms with van der Waals surface area (Å²) in [6, 6.07) is 16.5. The van der Waals surface area contributed by atoms with Crippen molar-refractivity contribution in [3.63, 3.8) is 0 Å². The van der Waals surface area contributed by atoms with Crippen molar-refractivity contribution in [3.05, 3.63) is 54.6 Å². The summed E-state index contributed by atoms with van der Waals surface area (Å²) in [4.78, 5) is 11.7. The topological polar surface area (TPSA) is 47.6 Å². The highest BCUT2D eigenvalue weighted by atomic mass is 16.6. The molecule has 0 saturated heterocycles. The third-order valence-corrected chi connectivity index (χ3v) is 3.31. The third-order valence-electron chi connectivity index (χ3n) is 3.31. The fraction of sp³-hybridized carbons (Fsp3) is 0.316. The molecule has 4 nitrogen and oxygen atoms in total. The van der Waals surface area contributed by atoms with E-state index in [1.165, 1.54) is 12.8 Å². The lowest BCUT2D eigenvalue weighted by molar-refractivity contribution is 0.200. The number of rotatable bonds is 8. The monoisotopic (exact) mass is 313 g/mol. The highest BCUT2D eigenvalue weighted by Gasteiger charge is 2.04. The summed E-state index contributed by atoms with van der Waals surface area (Å²) in [5.74, 6) is 1.96. The minimum Gasteiger partial charge on any atom is -0.457 e. The molecule has 2 aromatic rings. The Bertz CT molecular complexity index is 581. The van der Waals surface area contributed by atoms with Gasteiger partial charge < -0.3 is 14.8 Å². The Hall–Kier alpha value is -2.49. The molecular weight excluding hydrogens is 290 g/mol. The number of para-hydroxylation sites is 1. The maximum atomic E-state index is 11.7. The van der Waals surface area contributed by atoms with E-state index in [4.69, 9.17) is 9.47 Å². The Balaban J connectivity index is 1.75. The van der Waals surface area contributed by atoms with Gasteiger partial charge in [-0.3, -0.25) is 0 Å². The van der Waals surface area contributed by atoms with Crippen LogP contribution in [0.25, 0.3) is 0 Å². The quantitative estimate of drug-likeness (QED) is 0.686. The maximum absolute atomic E-state index is 11.7. The van der Waals surface area contributed by atoms with E-state index >= 15 is 0 Å². The van der Waals surface area contributed by atoms with Crippen molar-refractivity contribution in [2.24, 2.45) is 0 Å². The molecule has 0 aliphatic heterocycles. The second-order valence-electron chi connectivity index (χ2n) is 5.26. The van der Waals surface area contributed by atoms with E-state index in [1.54, 1.807) is 24.3 Å². The third kappa shape index (κ3) is 6.43. The molecule has 122 valence electrons. The number of nitrogens with one attached hydrogen (secondary N) is 1. The van der Waals surface area contributed by atoms with Crippen LogP contribution in [0.2, 0.25) is 0 Å². The molecule has 2 aromatic carbocycles. The number of benzene rings is 2. The summed E-state index contributed by atoms with van der Waals surface area (Å²) < 4.78 is 10.9. The highest BCUT2D eigenvalue weighted by Crippen LogP contribution is 2.23. The second-order valence-corrected chi connectivity index (χ2v) is 5.26. The smallest absolute Gasteiger partial charge is 0.412 e. The molecule has 1 amide bonds. The Morgan fingerprint density at radius 2 is 1.52 bits per heavy atom. The Labute approximate surface area is 137 Å². The fourth-order valence-electron chi connectivity index (χ4n) is 2.09. The molecule has 4 heteroatoms. The molecule has 0 fully saturated rings. The fourth-order valence-corrected chi connectivity index (χ4v) is 2.09. The Morgan fingerprint density at radius 1 is 0.870 bits per heavy atom. The van der Waals surface area contributed by atoms with Gasteiger partial charge in [0.2, 0.25) is 0 Å². The number of unbranched alkanes of at least 4 members (excludes halogenated alkanes) is 3. The number of ether oxygens (including phenoxy) is 2. The van der Waals surface area contributed by atoms with Crippen LogP contribution in [-0.2, 0) is 0 Å². The zero-order valence-electron chi connectivity index (χ0n) is 13.5. The van der Waals surface area contributed by atoms with E-state index < -0.39 is 6.09 Å². The van der Waals surface area contributed by atoms with Crippen LogP contribution in [0.5, 0.6) is 17.2 Å². The van der Waals surface area contributed by atoms with Crippen LogP contribution in [0.1, 0.15) is 32.6 Å². The molecule has 0 saturated carbocycles. The van der Waals surface area contributed by atoms with Gasteiger partial charge in [0.15, 0.2) is 0 Å². The number of carbonyl (C=O) groups excluding carboxylic acids is 1. The number of hydrogen-bond donors (Lipinski definition) is 1. The van der Waals surface area contributed by atoms with Gasteiger partial charge in [0.25, 0.3) is 0 Å². The summed E-state index contributed by atoms with van der Waals surface area (Å²) in [6.07, 6.45) is 4.06. The van der Waals surface area contributed by atoms with Gasteiger partial charge in [0, 0.05) is 6.54 Å². The molecule has 0 radical (unpaired) electrons. The van der Waals surface area contributed by atoms with E-state index in [2.05, 4.69) is 12.2 Å². The predicted octanol–water partition coefficient (Wildman–Crippen LogP) is 5.15. The van der Waals surface area contributed by atoms with Crippen molar-refractivity contribution >= 4 is 6.09 Å². The van der Waals surface area contributed by atoms with Crippen LogP contribution in [0.15, 0.2) is 54.6 Å². The van der Waals surface area contributed by atoms with Crippen LogP contribution in [0.4, 0.5) is 4.79 Å². The van der Waals surface area contributed by atoms with Crippen LogP contribution < -0.4 is 14.8 Å². The SMILES string of the molecule is CCCCCCNC(=O)Oc1ccc(Oc2ccccc2)cc1. The molecular formula is C19H23NO3. The van der Waals surface area contributed by atoms with Crippen molar-refractivity contribution in [2.75, 3.05) is 6.54 Å². The van der Waals surface area contributed by atoms with Gasteiger partial charge in [0.1, 0.15) is 17.2 Å². The van der Waals surface area contributed by atoms with Crippen molar-refractivity contribution < 1.29 is 14.3 Å². The first-order valence-corrected chi connectivity index (χ1v) is 8.06. The highest BCUT2D eigenvalue weighted by molar-refractivity contribution is 5.70. The lowest BCUT2D eigenvalue weighted by atomic mass is 10.2. The molecule has 0 aliphatic carbocycles. The van der Waals surface area contributed by atoms with Crippen molar-refractivity contribution in [2.45, 2.75) is 32.6 Å². The summed E-state index contributed by atoms with van der Waals surface area (Å²) in [6.45, 7) is 2.81. The molecule has 23 heavy (non-hydrogen) atoms. The average Bonchev–Trinajstić information content (AvgIpc) is 2.57. The van der Waals surface area contributed by atoms with Gasteiger partial charge >= 0.3 is 6.09 Å². The molecule has 0 heterocycles. The van der Waals surface area contributed by atoms with Crippen LogP contribution >= 0.6 is 0 Å². The van der Waals surface area contributed by atoms with Crippen LogP contribution in [0, 0.1) is 0 Å². The van der Waals surface area contributed by atoms with Gasteiger partial charge in [-0.15, -0.1) is 0 Å². The van der Waals surface area contributed by atoms with E-state index in [1.807, 2.05) is 30.3 Å². The summed E-state index contributed by atoms with van der Waals surface area (Å²) in [5.41, 5.74) is 0. The van der Waals surface area contributed by atoms with Crippen LogP contribution in [-0.4, -0.2) is 12.6 Å². The van der Waals surface area contributed by atoms with Gasteiger partial charge in [-0.25, -0.2) is 4.79 Å². The van der Waals surface area contributed by atoms with E-state index in [9.17, 15) is 4.79 Å². The van der Waals surface area contributed by atoms with E-state index in [0.717, 1.165) is 18.6 Å². The molecule has 0 aliphatic rings. The number of amides is 1. The summed E-state index contributed by atoms with van der Waals surface area (Å²) in [5, 5.41) is 2.75. The van der Waals surface area contributed by atoms with Crippen molar-refractivity contribution in [1.82, 2.24) is 5.32 Å². The Morgan fingerprint density at radius 3 is 2.22 bits per heavy atom. The minimum absolute atomic E-state index is 0.418. The predicted molar refractivity (Wildman–Crippen MR) is 91.1 cm³/mol. The first-order chi connectivity index (χ1) is 11.3. The van der Waals surface area contributed by atoms with Crippen LogP contribution in [0.3, 0.4) is 0 Å². The molecule has 0 spiro atoms. The van der Waals surface area contributed by atoms with Gasteiger partial charge in [-0.2, -0.15) is 0 Å². The lowest BCUT2D eigenvalue weighted by Gasteiger charge is -2.08. The first kappa shape index (κ1) is 16.9. The van der Waals surface area contributed by atoms with Gasteiger partial charge in [0.05, 0.1) is 0 Å². The van der Waals surface area contributed by atoms with Gasteiger partial charge in [-0.05, 0) is 42.8 Å². The molecule has 0 aromatic heterocycles. The van der Waals surface area contributed by atoms with Crippen molar-refractivity contribution in [1.29, 1.82) is 0 Å². The zero-order chi connectivity index (χ0) is 16.3. The van der Waals surface area contributed by atoms with Crippen molar-refractivity contribution in [3.8, 4) is 17.2 Å². The minimum atomic E-state index is -0.418. The first-order valence-electron chi connectivity index (χ1n) is 8.06. The molecule has 2 rings (SSSR count). The zero-order valence-corrected chi connectivity index (χ0v) is 13.5. The van der Waals surface area contributed by atoms with E-state index in [-0.39, 0.29) is 0 Å². The largest absolute Gasteiger partial charge is 0.457 e. The number of hydrogen-bond acceptors (Lipinski definition) is 3. The Kier molecular flexibility index (Phi) is 6.98.